The maximum atomic E-state index is 14.0. The number of hydrogen-bond acceptors (Lipinski definition) is 4. The van der Waals surface area contributed by atoms with Crippen molar-refractivity contribution in [2.75, 3.05) is 6.54 Å². The van der Waals surface area contributed by atoms with E-state index in [0.29, 0.717) is 11.6 Å². The van der Waals surface area contributed by atoms with Gasteiger partial charge in [-0.1, -0.05) is 12.1 Å². The molecule has 1 aliphatic carbocycles. The first-order valence-corrected chi connectivity index (χ1v) is 7.87. The molecule has 0 aliphatic heterocycles. The summed E-state index contributed by atoms with van der Waals surface area (Å²) in [4.78, 5) is 24.3. The van der Waals surface area contributed by atoms with Crippen molar-refractivity contribution in [3.63, 3.8) is 0 Å². The van der Waals surface area contributed by atoms with Crippen molar-refractivity contribution in [3.05, 3.63) is 57.8 Å². The van der Waals surface area contributed by atoms with Crippen LogP contribution in [0.5, 0.6) is 0 Å². The fourth-order valence-electron chi connectivity index (χ4n) is 2.56. The number of amides is 1. The summed E-state index contributed by atoms with van der Waals surface area (Å²) >= 11 is 0. The molecule has 0 bridgehead atoms. The SMILES string of the molecule is Cc1cc(=O)c(C(=O)NCC(N)C2CC2)nn1-c1ccccc1F. The van der Waals surface area contributed by atoms with E-state index in [1.165, 1.54) is 22.9 Å². The summed E-state index contributed by atoms with van der Waals surface area (Å²) in [5, 5.41) is 6.69. The molecule has 1 aliphatic rings. The molecule has 126 valence electrons. The van der Waals surface area contributed by atoms with E-state index in [-0.39, 0.29) is 24.0 Å². The van der Waals surface area contributed by atoms with Crippen LogP contribution in [0, 0.1) is 18.7 Å². The lowest BCUT2D eigenvalue weighted by atomic mass is 10.2. The second-order valence-electron chi connectivity index (χ2n) is 6.07. The largest absolute Gasteiger partial charge is 0.349 e. The highest BCUT2D eigenvalue weighted by molar-refractivity contribution is 5.92. The minimum absolute atomic E-state index is 0.117. The molecule has 1 aromatic heterocycles. The zero-order chi connectivity index (χ0) is 17.3. The van der Waals surface area contributed by atoms with Crippen LogP contribution >= 0.6 is 0 Å². The van der Waals surface area contributed by atoms with Gasteiger partial charge in [0.25, 0.3) is 5.91 Å². The number of rotatable bonds is 5. The molecule has 2 aromatic rings. The fourth-order valence-corrected chi connectivity index (χ4v) is 2.56. The van der Waals surface area contributed by atoms with Crippen LogP contribution in [-0.4, -0.2) is 28.3 Å². The lowest BCUT2D eigenvalue weighted by Gasteiger charge is -2.13. The second-order valence-corrected chi connectivity index (χ2v) is 6.07. The number of aromatic nitrogens is 2. The summed E-state index contributed by atoms with van der Waals surface area (Å²) in [6, 6.07) is 7.20. The molecule has 1 unspecified atom stereocenters. The molecule has 1 fully saturated rings. The first kappa shape index (κ1) is 16.3. The summed E-state index contributed by atoms with van der Waals surface area (Å²) in [6.07, 6.45) is 2.14. The number of hydrogen-bond donors (Lipinski definition) is 2. The van der Waals surface area contributed by atoms with Gasteiger partial charge in [0, 0.05) is 24.3 Å². The first-order valence-electron chi connectivity index (χ1n) is 7.87. The molecular formula is C17H19FN4O2. The lowest BCUT2D eigenvalue weighted by Crippen LogP contribution is -2.40. The van der Waals surface area contributed by atoms with E-state index >= 15 is 0 Å². The van der Waals surface area contributed by atoms with Crippen molar-refractivity contribution in [3.8, 4) is 5.69 Å². The number of carbonyl (C=O) groups excluding carboxylic acids is 1. The third-order valence-corrected chi connectivity index (χ3v) is 4.13. The van der Waals surface area contributed by atoms with Crippen LogP contribution in [0.15, 0.2) is 35.1 Å². The molecule has 1 saturated carbocycles. The molecule has 3 rings (SSSR count). The van der Waals surface area contributed by atoms with Crippen LogP contribution in [0.2, 0.25) is 0 Å². The molecular weight excluding hydrogens is 311 g/mol. The van der Waals surface area contributed by atoms with Crippen LogP contribution in [0.1, 0.15) is 29.0 Å². The number of nitrogens with one attached hydrogen (secondary N) is 1. The van der Waals surface area contributed by atoms with Gasteiger partial charge in [0.05, 0.1) is 0 Å². The molecule has 7 heteroatoms. The van der Waals surface area contributed by atoms with Crippen molar-refractivity contribution < 1.29 is 9.18 Å². The van der Waals surface area contributed by atoms with Crippen molar-refractivity contribution in [2.24, 2.45) is 11.7 Å². The highest BCUT2D eigenvalue weighted by Crippen LogP contribution is 2.31. The number of para-hydroxylation sites is 1. The lowest BCUT2D eigenvalue weighted by molar-refractivity contribution is 0.0942. The molecule has 0 spiro atoms. The predicted octanol–water partition coefficient (Wildman–Crippen LogP) is 1.15. The summed E-state index contributed by atoms with van der Waals surface area (Å²) in [7, 11) is 0. The van der Waals surface area contributed by atoms with Gasteiger partial charge in [-0.3, -0.25) is 9.59 Å². The number of benzene rings is 1. The molecule has 0 saturated heterocycles. The maximum absolute atomic E-state index is 14.0. The molecule has 1 amide bonds. The average Bonchev–Trinajstić information content (AvgIpc) is 3.38. The van der Waals surface area contributed by atoms with Gasteiger partial charge in [-0.15, -0.1) is 0 Å². The van der Waals surface area contributed by atoms with Gasteiger partial charge in [0.2, 0.25) is 5.43 Å². The Labute approximate surface area is 138 Å². The molecule has 24 heavy (non-hydrogen) atoms. The van der Waals surface area contributed by atoms with Gasteiger partial charge >= 0.3 is 0 Å². The number of carbonyl (C=O) groups is 1. The number of nitrogens with zero attached hydrogens (tertiary/aromatic N) is 2. The zero-order valence-corrected chi connectivity index (χ0v) is 13.3. The molecule has 1 atom stereocenters. The van der Waals surface area contributed by atoms with E-state index in [1.807, 2.05) is 0 Å². The Balaban J connectivity index is 1.88. The van der Waals surface area contributed by atoms with E-state index in [2.05, 4.69) is 10.4 Å². The highest BCUT2D eigenvalue weighted by atomic mass is 19.1. The van der Waals surface area contributed by atoms with Gasteiger partial charge in [-0.25, -0.2) is 9.07 Å². The van der Waals surface area contributed by atoms with Gasteiger partial charge in [-0.2, -0.15) is 5.10 Å². The minimum Gasteiger partial charge on any atom is -0.349 e. The summed E-state index contributed by atoms with van der Waals surface area (Å²) < 4.78 is 15.2. The first-order chi connectivity index (χ1) is 11.5. The summed E-state index contributed by atoms with van der Waals surface area (Å²) in [5.74, 6) is -0.647. The van der Waals surface area contributed by atoms with E-state index in [0.717, 1.165) is 12.8 Å². The Bertz CT molecular complexity index is 830. The molecule has 1 heterocycles. The quantitative estimate of drug-likeness (QED) is 0.860. The maximum Gasteiger partial charge on any atom is 0.275 e. The van der Waals surface area contributed by atoms with Gasteiger partial charge in [0.15, 0.2) is 5.69 Å². The Morgan fingerprint density at radius 2 is 2.17 bits per heavy atom. The number of aryl methyl sites for hydroxylation is 1. The molecule has 1 aromatic carbocycles. The smallest absolute Gasteiger partial charge is 0.275 e. The van der Waals surface area contributed by atoms with Gasteiger partial charge in [-0.05, 0) is 37.8 Å². The Morgan fingerprint density at radius 3 is 2.83 bits per heavy atom. The zero-order valence-electron chi connectivity index (χ0n) is 13.3. The Kier molecular flexibility index (Phi) is 4.44. The summed E-state index contributed by atoms with van der Waals surface area (Å²) in [6.45, 7) is 1.92. The van der Waals surface area contributed by atoms with Crippen LogP contribution < -0.4 is 16.5 Å². The standard InChI is InChI=1S/C17H19FN4O2/c1-10-8-15(23)16(17(24)20-9-13(19)11-6-7-11)21-22(10)14-5-3-2-4-12(14)18/h2-5,8,11,13H,6-7,9,19H2,1H3,(H,20,24). The van der Waals surface area contributed by atoms with Crippen LogP contribution in [0.4, 0.5) is 4.39 Å². The normalized spacial score (nSPS) is 15.1. The van der Waals surface area contributed by atoms with Crippen molar-refractivity contribution in [1.29, 1.82) is 0 Å². The van der Waals surface area contributed by atoms with E-state index < -0.39 is 17.2 Å². The fraction of sp³-hybridized carbons (Fsp3) is 0.353. The van der Waals surface area contributed by atoms with Crippen molar-refractivity contribution >= 4 is 5.91 Å². The third kappa shape index (κ3) is 3.35. The number of nitrogens with two attached hydrogens (primary N) is 1. The Hall–Kier alpha value is -2.54. The predicted molar refractivity (Wildman–Crippen MR) is 87.6 cm³/mol. The summed E-state index contributed by atoms with van der Waals surface area (Å²) in [5.41, 5.74) is 5.79. The molecule has 3 N–H and O–H groups in total. The topological polar surface area (TPSA) is 90.0 Å². The van der Waals surface area contributed by atoms with Gasteiger partial charge < -0.3 is 11.1 Å². The second kappa shape index (κ2) is 6.52. The van der Waals surface area contributed by atoms with E-state index in [1.54, 1.807) is 19.1 Å². The van der Waals surface area contributed by atoms with Crippen molar-refractivity contribution in [1.82, 2.24) is 15.1 Å². The molecule has 6 nitrogen and oxygen atoms in total. The minimum atomic E-state index is -0.596. The highest BCUT2D eigenvalue weighted by Gasteiger charge is 2.29. The van der Waals surface area contributed by atoms with E-state index in [9.17, 15) is 14.0 Å². The van der Waals surface area contributed by atoms with Crippen LogP contribution in [-0.2, 0) is 0 Å². The van der Waals surface area contributed by atoms with Crippen LogP contribution in [0.3, 0.4) is 0 Å². The monoisotopic (exact) mass is 330 g/mol. The molecule has 0 radical (unpaired) electrons. The van der Waals surface area contributed by atoms with Crippen molar-refractivity contribution in [2.45, 2.75) is 25.8 Å². The third-order valence-electron chi connectivity index (χ3n) is 4.13. The van der Waals surface area contributed by atoms with Gasteiger partial charge in [0.1, 0.15) is 11.5 Å². The van der Waals surface area contributed by atoms with Crippen LogP contribution in [0.25, 0.3) is 5.69 Å². The Morgan fingerprint density at radius 1 is 1.46 bits per heavy atom. The average molecular weight is 330 g/mol. The number of halogens is 1. The van der Waals surface area contributed by atoms with E-state index in [4.69, 9.17) is 5.73 Å².